The molecule has 3 aliphatic heterocycles. The van der Waals surface area contributed by atoms with Crippen LogP contribution in [0.5, 0.6) is 23.0 Å². The molecule has 6 nitrogen and oxygen atoms in total. The van der Waals surface area contributed by atoms with E-state index in [-0.39, 0.29) is 29.3 Å². The Kier molecular flexibility index (Phi) is 2.86. The number of ether oxygens (including phenoxy) is 3. The molecule has 2 aromatic rings. The molecule has 130 valence electrons. The number of phenolic OH excluding ortho intramolecular Hbond substituents is 1. The summed E-state index contributed by atoms with van der Waals surface area (Å²) in [5.41, 5.74) is 4.15. The van der Waals surface area contributed by atoms with Crippen molar-refractivity contribution in [3.05, 3.63) is 51.7 Å². The molecule has 0 saturated carbocycles. The lowest BCUT2D eigenvalue weighted by Gasteiger charge is -2.57. The summed E-state index contributed by atoms with van der Waals surface area (Å²) < 4.78 is 15.9. The van der Waals surface area contributed by atoms with Crippen molar-refractivity contribution in [2.45, 2.75) is 24.9 Å². The van der Waals surface area contributed by atoms with Crippen LogP contribution in [-0.2, 0) is 12.8 Å². The van der Waals surface area contributed by atoms with Crippen molar-refractivity contribution in [3.8, 4) is 23.0 Å². The number of quaternary nitrogens is 1. The SMILES string of the molecule is COc1cc2c(cc1O)C[C@@H]1c3cc4c(cc3C[C@H]2[N+]1(C)[O-])OCO4. The molecule has 2 aromatic carbocycles. The highest BCUT2D eigenvalue weighted by atomic mass is 16.7. The number of hydroxylamine groups is 3. The van der Waals surface area contributed by atoms with Crippen molar-refractivity contribution in [1.82, 2.24) is 0 Å². The first-order valence-electron chi connectivity index (χ1n) is 8.38. The first-order chi connectivity index (χ1) is 12.0. The Hall–Kier alpha value is -2.44. The highest BCUT2D eigenvalue weighted by molar-refractivity contribution is 5.54. The normalized spacial score (nSPS) is 28.3. The summed E-state index contributed by atoms with van der Waals surface area (Å²) >= 11 is 0. The topological polar surface area (TPSA) is 71.0 Å². The molecule has 6 heteroatoms. The van der Waals surface area contributed by atoms with Crippen LogP contribution in [-0.4, -0.2) is 30.7 Å². The molecule has 0 aliphatic carbocycles. The molecule has 5 rings (SSSR count). The number of nitrogens with zero attached hydrogens (tertiary/aromatic N) is 1. The van der Waals surface area contributed by atoms with Crippen molar-refractivity contribution in [1.29, 1.82) is 0 Å². The standard InChI is InChI=1S/C19H19NO5/c1-20(22)14-3-10-5-16(21)17(23-2)7-12(10)15(20)4-11-6-18-19(8-13(11)14)25-9-24-18/h5-8,14-15,21H,3-4,9H2,1-2H3/t14-,15-,20?/m1/s1. The van der Waals surface area contributed by atoms with Gasteiger partial charge in [0.2, 0.25) is 6.79 Å². The van der Waals surface area contributed by atoms with Gasteiger partial charge in [0.15, 0.2) is 23.0 Å². The van der Waals surface area contributed by atoms with Crippen LogP contribution in [0.15, 0.2) is 24.3 Å². The summed E-state index contributed by atoms with van der Waals surface area (Å²) in [5, 5.41) is 23.7. The van der Waals surface area contributed by atoms with Crippen LogP contribution >= 0.6 is 0 Å². The summed E-state index contributed by atoms with van der Waals surface area (Å²) in [6, 6.07) is 7.09. The Labute approximate surface area is 145 Å². The molecule has 0 spiro atoms. The van der Waals surface area contributed by atoms with Gasteiger partial charge in [0.05, 0.1) is 14.2 Å². The van der Waals surface area contributed by atoms with Crippen LogP contribution in [0, 0.1) is 5.21 Å². The maximum absolute atomic E-state index is 13.5. The minimum atomic E-state index is -0.354. The van der Waals surface area contributed by atoms with Gasteiger partial charge in [-0.05, 0) is 35.4 Å². The van der Waals surface area contributed by atoms with Gasteiger partial charge in [-0.1, -0.05) is 0 Å². The third-order valence-corrected chi connectivity index (χ3v) is 5.86. The molecule has 0 aromatic heterocycles. The van der Waals surface area contributed by atoms with Crippen LogP contribution in [0.2, 0.25) is 0 Å². The number of likely N-dealkylation sites (N-methyl/N-ethyl adjacent to an activating group) is 1. The quantitative estimate of drug-likeness (QED) is 0.638. The lowest BCUT2D eigenvalue weighted by Crippen LogP contribution is -2.52. The fraction of sp³-hybridized carbons (Fsp3) is 0.368. The molecule has 25 heavy (non-hydrogen) atoms. The average Bonchev–Trinajstić information content (AvgIpc) is 3.02. The van der Waals surface area contributed by atoms with E-state index in [0.29, 0.717) is 24.3 Å². The van der Waals surface area contributed by atoms with E-state index in [0.717, 1.165) is 28.0 Å². The average molecular weight is 341 g/mol. The van der Waals surface area contributed by atoms with E-state index in [1.165, 1.54) is 7.11 Å². The smallest absolute Gasteiger partial charge is 0.231 e. The summed E-state index contributed by atoms with van der Waals surface area (Å²) in [5.74, 6) is 1.99. The minimum absolute atomic E-state index is 0.118. The molecular weight excluding hydrogens is 322 g/mol. The molecule has 3 aliphatic rings. The second-order valence-corrected chi connectivity index (χ2v) is 7.13. The number of phenols is 1. The zero-order valence-electron chi connectivity index (χ0n) is 14.1. The van der Waals surface area contributed by atoms with Crippen LogP contribution in [0.3, 0.4) is 0 Å². The summed E-state index contributed by atoms with van der Waals surface area (Å²) in [4.78, 5) is 0. The van der Waals surface area contributed by atoms with Crippen LogP contribution < -0.4 is 14.2 Å². The van der Waals surface area contributed by atoms with E-state index in [9.17, 15) is 10.3 Å². The van der Waals surface area contributed by atoms with Crippen molar-refractivity contribution in [3.63, 3.8) is 0 Å². The molecule has 0 fully saturated rings. The van der Waals surface area contributed by atoms with Gasteiger partial charge in [-0.2, -0.15) is 0 Å². The molecule has 0 amide bonds. The third kappa shape index (κ3) is 1.92. The lowest BCUT2D eigenvalue weighted by atomic mass is 9.76. The molecule has 3 atom stereocenters. The molecule has 2 bridgehead atoms. The van der Waals surface area contributed by atoms with Crippen LogP contribution in [0.25, 0.3) is 0 Å². The van der Waals surface area contributed by atoms with Gasteiger partial charge >= 0.3 is 0 Å². The first kappa shape index (κ1) is 14.9. The second-order valence-electron chi connectivity index (χ2n) is 7.13. The number of methoxy groups -OCH3 is 1. The van der Waals surface area contributed by atoms with Gasteiger partial charge in [0.1, 0.15) is 12.1 Å². The first-order valence-corrected chi connectivity index (χ1v) is 8.38. The van der Waals surface area contributed by atoms with E-state index < -0.39 is 0 Å². The van der Waals surface area contributed by atoms with Gasteiger partial charge in [0.25, 0.3) is 0 Å². The highest BCUT2D eigenvalue weighted by Gasteiger charge is 2.47. The van der Waals surface area contributed by atoms with Gasteiger partial charge < -0.3 is 29.2 Å². The monoisotopic (exact) mass is 341 g/mol. The van der Waals surface area contributed by atoms with E-state index in [4.69, 9.17) is 14.2 Å². The fourth-order valence-electron chi connectivity index (χ4n) is 4.53. The van der Waals surface area contributed by atoms with Gasteiger partial charge in [-0.25, -0.2) is 0 Å². The van der Waals surface area contributed by atoms with Crippen molar-refractivity contribution >= 4 is 0 Å². The highest BCUT2D eigenvalue weighted by Crippen LogP contribution is 2.54. The number of aromatic hydroxyl groups is 1. The lowest BCUT2D eigenvalue weighted by molar-refractivity contribution is -0.927. The summed E-state index contributed by atoms with van der Waals surface area (Å²) in [7, 11) is 3.26. The molecule has 1 unspecified atom stereocenters. The molecule has 0 saturated heterocycles. The van der Waals surface area contributed by atoms with Crippen molar-refractivity contribution in [2.24, 2.45) is 0 Å². The number of hydrogen-bond acceptors (Lipinski definition) is 5. The van der Waals surface area contributed by atoms with Gasteiger partial charge in [-0.15, -0.1) is 0 Å². The van der Waals surface area contributed by atoms with Gasteiger partial charge in [-0.3, -0.25) is 0 Å². The molecule has 1 N–H and O–H groups in total. The number of hydrogen-bond donors (Lipinski definition) is 1. The fourth-order valence-corrected chi connectivity index (χ4v) is 4.53. The van der Waals surface area contributed by atoms with E-state index in [1.807, 2.05) is 18.2 Å². The number of fused-ring (bicyclic) bond motifs is 7. The maximum atomic E-state index is 13.5. The number of benzene rings is 2. The zero-order valence-corrected chi connectivity index (χ0v) is 14.1. The van der Waals surface area contributed by atoms with Crippen LogP contribution in [0.1, 0.15) is 34.3 Å². The Bertz CT molecular complexity index is 892. The Balaban J connectivity index is 1.69. The summed E-state index contributed by atoms with van der Waals surface area (Å²) in [6.45, 7) is 0.223. The van der Waals surface area contributed by atoms with E-state index in [2.05, 4.69) is 0 Å². The molecule has 0 radical (unpaired) electrons. The third-order valence-electron chi connectivity index (χ3n) is 5.86. The van der Waals surface area contributed by atoms with Crippen molar-refractivity contribution in [2.75, 3.05) is 21.0 Å². The Morgan fingerprint density at radius 3 is 2.32 bits per heavy atom. The minimum Gasteiger partial charge on any atom is -0.632 e. The molecular formula is C19H19NO5. The van der Waals surface area contributed by atoms with Crippen LogP contribution in [0.4, 0.5) is 0 Å². The largest absolute Gasteiger partial charge is 0.632 e. The predicted octanol–water partition coefficient (Wildman–Crippen LogP) is 2.97. The number of rotatable bonds is 1. The molecule has 3 heterocycles. The van der Waals surface area contributed by atoms with Gasteiger partial charge in [0, 0.05) is 24.0 Å². The summed E-state index contributed by atoms with van der Waals surface area (Å²) in [6.07, 6.45) is 1.21. The van der Waals surface area contributed by atoms with Crippen molar-refractivity contribution < 1.29 is 24.0 Å². The van der Waals surface area contributed by atoms with E-state index in [1.54, 1.807) is 13.1 Å². The predicted molar refractivity (Wildman–Crippen MR) is 89.7 cm³/mol. The zero-order chi connectivity index (χ0) is 17.3. The Morgan fingerprint density at radius 2 is 1.64 bits per heavy atom. The Morgan fingerprint density at radius 1 is 1.04 bits per heavy atom. The van der Waals surface area contributed by atoms with E-state index >= 15 is 0 Å². The maximum Gasteiger partial charge on any atom is 0.231 e. The second kappa shape index (κ2) is 4.80.